The second-order valence-corrected chi connectivity index (χ2v) is 8.26. The molecular weight excluding hydrogens is 464 g/mol. The molecule has 1 heterocycles. The molecule has 1 aliphatic heterocycles. The molecule has 1 saturated heterocycles. The van der Waals surface area contributed by atoms with Crippen LogP contribution in [-0.4, -0.2) is 43.6 Å². The van der Waals surface area contributed by atoms with Gasteiger partial charge in [-0.15, -0.1) is 0 Å². The predicted octanol–water partition coefficient (Wildman–Crippen LogP) is 4.83. The normalized spacial score (nSPS) is 14.7. The third-order valence-corrected chi connectivity index (χ3v) is 5.50. The van der Waals surface area contributed by atoms with E-state index in [9.17, 15) is 4.79 Å². The van der Waals surface area contributed by atoms with Gasteiger partial charge in [0.2, 0.25) is 0 Å². The minimum atomic E-state index is -0.375. The lowest BCUT2D eigenvalue weighted by Crippen LogP contribution is -2.34. The number of ether oxygens (including phenoxy) is 4. The summed E-state index contributed by atoms with van der Waals surface area (Å²) in [5, 5.41) is 5.92. The first-order chi connectivity index (χ1) is 17.2. The van der Waals surface area contributed by atoms with Gasteiger partial charge in [0.1, 0.15) is 37.1 Å². The van der Waals surface area contributed by atoms with Gasteiger partial charge in [-0.1, -0.05) is 42.5 Å². The van der Waals surface area contributed by atoms with Gasteiger partial charge < -0.3 is 24.3 Å². The number of para-hydroxylation sites is 4. The Kier molecular flexibility index (Phi) is 8.91. The number of amides is 1. The Balaban J connectivity index is 1.30. The van der Waals surface area contributed by atoms with Crippen molar-refractivity contribution >= 4 is 28.9 Å². The van der Waals surface area contributed by atoms with Crippen LogP contribution in [0.4, 0.5) is 5.69 Å². The van der Waals surface area contributed by atoms with Crippen molar-refractivity contribution in [2.45, 2.75) is 18.9 Å². The summed E-state index contributed by atoms with van der Waals surface area (Å²) in [5.74, 6) is 1.48. The molecule has 4 rings (SSSR count). The number of thiocarbonyl (C=S) groups is 1. The highest BCUT2D eigenvalue weighted by atomic mass is 32.1. The molecule has 3 aromatic rings. The highest BCUT2D eigenvalue weighted by Gasteiger charge is 2.18. The third-order valence-electron chi connectivity index (χ3n) is 5.30. The van der Waals surface area contributed by atoms with Crippen molar-refractivity contribution in [3.63, 3.8) is 0 Å². The standard InChI is InChI=1S/C27H28N2O5S/c30-26(22-12-4-6-14-24(22)33-18-17-32-20-9-2-1-3-10-20)29-27(35)28-23-13-5-7-15-25(23)34-19-21-11-8-16-31-21/h1-7,9-10,12-15,21H,8,11,16-19H2,(H2,28,29,30,35). The first-order valence-electron chi connectivity index (χ1n) is 11.5. The van der Waals surface area contributed by atoms with E-state index < -0.39 is 0 Å². The van der Waals surface area contributed by atoms with E-state index in [1.807, 2.05) is 60.7 Å². The first-order valence-corrected chi connectivity index (χ1v) is 12.0. The summed E-state index contributed by atoms with van der Waals surface area (Å²) in [7, 11) is 0. The predicted molar refractivity (Wildman–Crippen MR) is 138 cm³/mol. The number of anilines is 1. The number of hydrogen-bond donors (Lipinski definition) is 2. The van der Waals surface area contributed by atoms with Crippen LogP contribution in [-0.2, 0) is 4.74 Å². The molecule has 182 valence electrons. The van der Waals surface area contributed by atoms with Crippen LogP contribution in [0.15, 0.2) is 78.9 Å². The first kappa shape index (κ1) is 24.5. The Morgan fingerprint density at radius 1 is 0.886 bits per heavy atom. The Hall–Kier alpha value is -3.62. The van der Waals surface area contributed by atoms with Crippen LogP contribution in [0.3, 0.4) is 0 Å². The van der Waals surface area contributed by atoms with Gasteiger partial charge >= 0.3 is 0 Å². The summed E-state index contributed by atoms with van der Waals surface area (Å²) >= 11 is 5.38. The zero-order valence-corrected chi connectivity index (χ0v) is 20.1. The van der Waals surface area contributed by atoms with Gasteiger partial charge in [0.25, 0.3) is 5.91 Å². The topological polar surface area (TPSA) is 78.1 Å². The van der Waals surface area contributed by atoms with Crippen molar-refractivity contribution < 1.29 is 23.7 Å². The SMILES string of the molecule is O=C(NC(=S)Nc1ccccc1OCC1CCCO1)c1ccccc1OCCOc1ccccc1. The molecule has 1 unspecified atom stereocenters. The minimum Gasteiger partial charge on any atom is -0.490 e. The van der Waals surface area contributed by atoms with Crippen LogP contribution in [0.2, 0.25) is 0 Å². The summed E-state index contributed by atoms with van der Waals surface area (Å²) in [6, 6.07) is 23.9. The maximum atomic E-state index is 12.9. The second-order valence-electron chi connectivity index (χ2n) is 7.86. The lowest BCUT2D eigenvalue weighted by atomic mass is 10.2. The third kappa shape index (κ3) is 7.43. The molecular formula is C27H28N2O5S. The lowest BCUT2D eigenvalue weighted by molar-refractivity contribution is 0.0682. The van der Waals surface area contributed by atoms with Crippen molar-refractivity contribution in [2.24, 2.45) is 0 Å². The molecule has 7 nitrogen and oxygen atoms in total. The largest absolute Gasteiger partial charge is 0.490 e. The van der Waals surface area contributed by atoms with Gasteiger partial charge in [-0.25, -0.2) is 0 Å². The number of benzene rings is 3. The molecule has 0 bridgehead atoms. The number of rotatable bonds is 10. The van der Waals surface area contributed by atoms with E-state index in [-0.39, 0.29) is 23.7 Å². The van der Waals surface area contributed by atoms with Crippen molar-refractivity contribution in [3.8, 4) is 17.2 Å². The maximum Gasteiger partial charge on any atom is 0.261 e. The molecule has 0 aliphatic carbocycles. The van der Waals surface area contributed by atoms with Gasteiger partial charge in [0, 0.05) is 6.61 Å². The fraction of sp³-hybridized carbons (Fsp3) is 0.259. The molecule has 0 aromatic heterocycles. The van der Waals surface area contributed by atoms with E-state index in [0.29, 0.717) is 36.0 Å². The van der Waals surface area contributed by atoms with Crippen LogP contribution >= 0.6 is 12.2 Å². The van der Waals surface area contributed by atoms with Gasteiger partial charge in [0.15, 0.2) is 5.11 Å². The van der Waals surface area contributed by atoms with E-state index in [1.165, 1.54) is 0 Å². The summed E-state index contributed by atoms with van der Waals surface area (Å²) in [6.07, 6.45) is 2.14. The van der Waals surface area contributed by atoms with Crippen molar-refractivity contribution in [3.05, 3.63) is 84.4 Å². The minimum absolute atomic E-state index is 0.101. The fourth-order valence-electron chi connectivity index (χ4n) is 3.59. The summed E-state index contributed by atoms with van der Waals surface area (Å²) in [5.41, 5.74) is 1.04. The monoisotopic (exact) mass is 492 g/mol. The molecule has 2 N–H and O–H groups in total. The number of carbonyl (C=O) groups is 1. The lowest BCUT2D eigenvalue weighted by Gasteiger charge is -2.17. The summed E-state index contributed by atoms with van der Waals surface area (Å²) < 4.78 is 23.0. The average Bonchev–Trinajstić information content (AvgIpc) is 3.41. The zero-order valence-electron chi connectivity index (χ0n) is 19.3. The molecule has 1 fully saturated rings. The highest BCUT2D eigenvalue weighted by molar-refractivity contribution is 7.80. The second kappa shape index (κ2) is 12.7. The van der Waals surface area contributed by atoms with Crippen LogP contribution < -0.4 is 24.8 Å². The Morgan fingerprint density at radius 3 is 2.40 bits per heavy atom. The molecule has 0 spiro atoms. The van der Waals surface area contributed by atoms with Gasteiger partial charge in [0.05, 0.1) is 17.4 Å². The van der Waals surface area contributed by atoms with Crippen molar-refractivity contribution in [2.75, 3.05) is 31.7 Å². The number of hydrogen-bond acceptors (Lipinski definition) is 6. The summed E-state index contributed by atoms with van der Waals surface area (Å²) in [6.45, 7) is 1.88. The van der Waals surface area contributed by atoms with Gasteiger partial charge in [-0.2, -0.15) is 0 Å². The molecule has 1 aliphatic rings. The zero-order chi connectivity index (χ0) is 24.3. The van der Waals surface area contributed by atoms with Crippen LogP contribution in [0, 0.1) is 0 Å². The Labute approximate surface area is 210 Å². The number of nitrogens with one attached hydrogen (secondary N) is 2. The van der Waals surface area contributed by atoms with Gasteiger partial charge in [-0.05, 0) is 61.5 Å². The van der Waals surface area contributed by atoms with Crippen LogP contribution in [0.25, 0.3) is 0 Å². The number of carbonyl (C=O) groups excluding carboxylic acids is 1. The molecule has 0 saturated carbocycles. The highest BCUT2D eigenvalue weighted by Crippen LogP contribution is 2.25. The molecule has 1 atom stereocenters. The Morgan fingerprint density at radius 2 is 1.60 bits per heavy atom. The van der Waals surface area contributed by atoms with E-state index in [2.05, 4.69) is 10.6 Å². The molecule has 3 aromatic carbocycles. The average molecular weight is 493 g/mol. The maximum absolute atomic E-state index is 12.9. The fourth-order valence-corrected chi connectivity index (χ4v) is 3.79. The van der Waals surface area contributed by atoms with Crippen molar-refractivity contribution in [1.29, 1.82) is 0 Å². The smallest absolute Gasteiger partial charge is 0.261 e. The molecule has 8 heteroatoms. The van der Waals surface area contributed by atoms with E-state index >= 15 is 0 Å². The van der Waals surface area contributed by atoms with Crippen LogP contribution in [0.1, 0.15) is 23.2 Å². The summed E-state index contributed by atoms with van der Waals surface area (Å²) in [4.78, 5) is 12.9. The van der Waals surface area contributed by atoms with Crippen molar-refractivity contribution in [1.82, 2.24) is 5.32 Å². The Bertz CT molecular complexity index is 1120. The molecule has 0 radical (unpaired) electrons. The van der Waals surface area contributed by atoms with Gasteiger partial charge in [-0.3, -0.25) is 10.1 Å². The quantitative estimate of drug-likeness (QED) is 0.310. The van der Waals surface area contributed by atoms with Crippen LogP contribution in [0.5, 0.6) is 17.2 Å². The van der Waals surface area contributed by atoms with E-state index in [1.54, 1.807) is 18.2 Å². The molecule has 35 heavy (non-hydrogen) atoms. The van der Waals surface area contributed by atoms with E-state index in [4.69, 9.17) is 31.2 Å². The van der Waals surface area contributed by atoms with E-state index in [0.717, 1.165) is 25.2 Å². The molecule has 1 amide bonds.